The van der Waals surface area contributed by atoms with E-state index in [-0.39, 0.29) is 17.3 Å². The molecule has 0 heterocycles. The first-order chi connectivity index (χ1) is 18.1. The third kappa shape index (κ3) is 7.58. The smallest absolute Gasteiger partial charge is 0.264 e. The van der Waals surface area contributed by atoms with E-state index in [2.05, 4.69) is 5.32 Å². The van der Waals surface area contributed by atoms with Crippen LogP contribution in [0.3, 0.4) is 0 Å². The molecule has 0 aliphatic heterocycles. The molecule has 0 fully saturated rings. The van der Waals surface area contributed by atoms with Gasteiger partial charge in [0, 0.05) is 18.1 Å². The van der Waals surface area contributed by atoms with E-state index in [1.165, 1.54) is 29.2 Å². The van der Waals surface area contributed by atoms with Crippen LogP contribution in [0.15, 0.2) is 83.8 Å². The molecule has 3 aromatic rings. The van der Waals surface area contributed by atoms with Crippen molar-refractivity contribution < 1.29 is 18.0 Å². The van der Waals surface area contributed by atoms with Gasteiger partial charge in [-0.1, -0.05) is 73.0 Å². The zero-order chi connectivity index (χ0) is 27.7. The highest BCUT2D eigenvalue weighted by molar-refractivity contribution is 7.92. The van der Waals surface area contributed by atoms with Gasteiger partial charge in [0.25, 0.3) is 10.0 Å². The number of unbranched alkanes of at least 4 members (excludes halogenated alkanes) is 1. The van der Waals surface area contributed by atoms with E-state index in [0.717, 1.165) is 28.3 Å². The number of halogens is 1. The van der Waals surface area contributed by atoms with Crippen LogP contribution in [0.2, 0.25) is 5.02 Å². The van der Waals surface area contributed by atoms with Gasteiger partial charge in [0.1, 0.15) is 12.6 Å². The van der Waals surface area contributed by atoms with Crippen molar-refractivity contribution in [2.24, 2.45) is 0 Å². The lowest BCUT2D eigenvalue weighted by molar-refractivity contribution is -0.139. The third-order valence-corrected chi connectivity index (χ3v) is 8.20. The van der Waals surface area contributed by atoms with E-state index < -0.39 is 28.5 Å². The van der Waals surface area contributed by atoms with E-state index >= 15 is 0 Å². The predicted octanol–water partition coefficient (Wildman–Crippen LogP) is 5.18. The number of benzene rings is 3. The highest BCUT2D eigenvalue weighted by Gasteiger charge is 2.32. The molecule has 0 aliphatic carbocycles. The third-order valence-electron chi connectivity index (χ3n) is 6.16. The average Bonchev–Trinajstić information content (AvgIpc) is 2.90. The second-order valence-corrected chi connectivity index (χ2v) is 11.4. The van der Waals surface area contributed by atoms with Crippen molar-refractivity contribution in [1.82, 2.24) is 10.2 Å². The fourth-order valence-corrected chi connectivity index (χ4v) is 5.52. The Hall–Kier alpha value is -3.36. The van der Waals surface area contributed by atoms with E-state index in [0.29, 0.717) is 17.3 Å². The Morgan fingerprint density at radius 1 is 0.974 bits per heavy atom. The molecule has 0 spiro atoms. The Bertz CT molecular complexity index is 1330. The van der Waals surface area contributed by atoms with Crippen LogP contribution in [0, 0.1) is 6.92 Å². The van der Waals surface area contributed by atoms with Crippen molar-refractivity contribution in [2.75, 3.05) is 17.4 Å². The Labute approximate surface area is 230 Å². The summed E-state index contributed by atoms with van der Waals surface area (Å²) in [4.78, 5) is 28.3. The quantitative estimate of drug-likeness (QED) is 0.312. The van der Waals surface area contributed by atoms with Gasteiger partial charge < -0.3 is 10.2 Å². The zero-order valence-electron chi connectivity index (χ0n) is 21.9. The number of anilines is 1. The summed E-state index contributed by atoms with van der Waals surface area (Å²) in [6, 6.07) is 21.1. The molecule has 0 bridgehead atoms. The molecule has 3 rings (SSSR count). The monoisotopic (exact) mass is 555 g/mol. The van der Waals surface area contributed by atoms with E-state index in [4.69, 9.17) is 11.6 Å². The van der Waals surface area contributed by atoms with E-state index in [9.17, 15) is 18.0 Å². The molecule has 9 heteroatoms. The summed E-state index contributed by atoms with van der Waals surface area (Å²) in [6.07, 6.45) is 1.75. The van der Waals surface area contributed by atoms with Crippen LogP contribution in [-0.4, -0.2) is 44.3 Å². The van der Waals surface area contributed by atoms with Gasteiger partial charge >= 0.3 is 0 Å². The first-order valence-corrected chi connectivity index (χ1v) is 14.4. The van der Waals surface area contributed by atoms with Gasteiger partial charge in [-0.2, -0.15) is 0 Å². The van der Waals surface area contributed by atoms with Crippen molar-refractivity contribution >= 4 is 39.1 Å². The Morgan fingerprint density at radius 2 is 1.66 bits per heavy atom. The normalized spacial score (nSPS) is 12.0. The zero-order valence-corrected chi connectivity index (χ0v) is 23.5. The predicted molar refractivity (Wildman–Crippen MR) is 152 cm³/mol. The van der Waals surface area contributed by atoms with Gasteiger partial charge in [0.15, 0.2) is 0 Å². The number of aryl methyl sites for hydroxylation is 1. The Morgan fingerprint density at radius 3 is 2.29 bits per heavy atom. The van der Waals surface area contributed by atoms with Gasteiger partial charge in [-0.3, -0.25) is 13.9 Å². The molecule has 7 nitrogen and oxygen atoms in total. The standard InChI is InChI=1S/C29H34ClN3O4S/c1-4-5-18-31-29(35)23(3)32(20-24-11-9-10-22(2)19-24)28(34)21-33(26-12-7-6-8-13-26)38(36,37)27-16-14-25(30)15-17-27/h6-17,19,23H,4-5,18,20-21H2,1-3H3,(H,31,35)/t23-/m0/s1. The lowest BCUT2D eigenvalue weighted by atomic mass is 10.1. The molecule has 1 N–H and O–H groups in total. The molecule has 0 saturated heterocycles. The summed E-state index contributed by atoms with van der Waals surface area (Å²) in [5.41, 5.74) is 2.20. The first-order valence-electron chi connectivity index (χ1n) is 12.6. The summed E-state index contributed by atoms with van der Waals surface area (Å²) in [5, 5.41) is 3.29. The van der Waals surface area contributed by atoms with Crippen molar-refractivity contribution in [1.29, 1.82) is 0 Å². The van der Waals surface area contributed by atoms with E-state index in [1.54, 1.807) is 37.3 Å². The van der Waals surface area contributed by atoms with Crippen LogP contribution in [0.25, 0.3) is 0 Å². The molecule has 0 aliphatic rings. The molecule has 0 radical (unpaired) electrons. The van der Waals surface area contributed by atoms with Gasteiger partial charge in [-0.25, -0.2) is 8.42 Å². The van der Waals surface area contributed by atoms with Gasteiger partial charge in [0.05, 0.1) is 10.6 Å². The van der Waals surface area contributed by atoms with Crippen molar-refractivity contribution in [3.05, 3.63) is 95.0 Å². The molecule has 3 aromatic carbocycles. The van der Waals surface area contributed by atoms with Crippen molar-refractivity contribution in [2.45, 2.75) is 51.1 Å². The molecule has 202 valence electrons. The molecule has 0 unspecified atom stereocenters. The molecule has 1 atom stereocenters. The maximum Gasteiger partial charge on any atom is 0.264 e. The van der Waals surface area contributed by atoms with Gasteiger partial charge in [-0.15, -0.1) is 0 Å². The number of para-hydroxylation sites is 1. The molecule has 2 amide bonds. The molecular formula is C29H34ClN3O4S. The summed E-state index contributed by atoms with van der Waals surface area (Å²) in [6.45, 7) is 5.83. The maximum absolute atomic E-state index is 13.8. The van der Waals surface area contributed by atoms with Crippen LogP contribution in [-0.2, 0) is 26.2 Å². The Kier molecular flexibility index (Phi) is 10.3. The van der Waals surface area contributed by atoms with Crippen LogP contribution in [0.1, 0.15) is 37.8 Å². The van der Waals surface area contributed by atoms with Crippen LogP contribution >= 0.6 is 11.6 Å². The number of nitrogens with one attached hydrogen (secondary N) is 1. The highest BCUT2D eigenvalue weighted by Crippen LogP contribution is 2.25. The van der Waals surface area contributed by atoms with Crippen molar-refractivity contribution in [3.63, 3.8) is 0 Å². The minimum Gasteiger partial charge on any atom is -0.354 e. The number of carbonyl (C=O) groups excluding carboxylic acids is 2. The first kappa shape index (κ1) is 29.2. The summed E-state index contributed by atoms with van der Waals surface area (Å²) >= 11 is 5.98. The Balaban J connectivity index is 1.97. The number of rotatable bonds is 12. The largest absolute Gasteiger partial charge is 0.354 e. The summed E-state index contributed by atoms with van der Waals surface area (Å²) in [5.74, 6) is -0.780. The maximum atomic E-state index is 13.8. The number of amides is 2. The van der Waals surface area contributed by atoms with Crippen LogP contribution < -0.4 is 9.62 Å². The molecule has 0 aromatic heterocycles. The molecular weight excluding hydrogens is 522 g/mol. The minimum atomic E-state index is -4.12. The van der Waals surface area contributed by atoms with Crippen LogP contribution in [0.5, 0.6) is 0 Å². The molecule has 38 heavy (non-hydrogen) atoms. The average molecular weight is 556 g/mol. The number of sulfonamides is 1. The fourth-order valence-electron chi connectivity index (χ4n) is 3.98. The SMILES string of the molecule is CCCCNC(=O)[C@H](C)N(Cc1cccc(C)c1)C(=O)CN(c1ccccc1)S(=O)(=O)c1ccc(Cl)cc1. The van der Waals surface area contributed by atoms with Crippen LogP contribution in [0.4, 0.5) is 5.69 Å². The number of nitrogens with zero attached hydrogens (tertiary/aromatic N) is 2. The fraction of sp³-hybridized carbons (Fsp3) is 0.310. The van der Waals surface area contributed by atoms with Gasteiger partial charge in [-0.05, 0) is 62.2 Å². The van der Waals surface area contributed by atoms with Gasteiger partial charge in [0.2, 0.25) is 11.8 Å². The topological polar surface area (TPSA) is 86.8 Å². The number of carbonyl (C=O) groups is 2. The molecule has 0 saturated carbocycles. The number of hydrogen-bond donors (Lipinski definition) is 1. The second-order valence-electron chi connectivity index (χ2n) is 9.13. The minimum absolute atomic E-state index is 0.00847. The van der Waals surface area contributed by atoms with Crippen molar-refractivity contribution in [3.8, 4) is 0 Å². The second kappa shape index (κ2) is 13.4. The number of hydrogen-bond acceptors (Lipinski definition) is 4. The van der Waals surface area contributed by atoms with E-state index in [1.807, 2.05) is 38.1 Å². The highest BCUT2D eigenvalue weighted by atomic mass is 35.5. The lowest BCUT2D eigenvalue weighted by Crippen LogP contribution is -2.51. The summed E-state index contributed by atoms with van der Waals surface area (Å²) < 4.78 is 28.5. The lowest BCUT2D eigenvalue weighted by Gasteiger charge is -2.32. The summed E-state index contributed by atoms with van der Waals surface area (Å²) in [7, 11) is -4.12.